The number of fused-ring (bicyclic) bond motifs is 1. The number of rotatable bonds is 5. The summed E-state index contributed by atoms with van der Waals surface area (Å²) in [6.45, 7) is 4.68. The van der Waals surface area contributed by atoms with Crippen LogP contribution in [0.4, 0.5) is 5.69 Å². The summed E-state index contributed by atoms with van der Waals surface area (Å²) in [5.41, 5.74) is 2.69. The lowest BCUT2D eigenvalue weighted by atomic mass is 10.2. The van der Waals surface area contributed by atoms with Crippen molar-refractivity contribution in [2.75, 3.05) is 18.5 Å². The molecule has 0 aliphatic carbocycles. The van der Waals surface area contributed by atoms with Gasteiger partial charge in [-0.15, -0.1) is 0 Å². The largest absolute Gasteiger partial charge is 0.486 e. The Hall–Kier alpha value is -2.34. The third kappa shape index (κ3) is 4.39. The van der Waals surface area contributed by atoms with E-state index in [1.54, 1.807) is 25.1 Å². The summed E-state index contributed by atoms with van der Waals surface area (Å²) < 4.78 is 23.5. The number of nitrogens with one attached hydrogen (secondary N) is 1. The van der Waals surface area contributed by atoms with Crippen LogP contribution < -0.4 is 14.8 Å². The summed E-state index contributed by atoms with van der Waals surface area (Å²) >= 11 is 0. The second kappa shape index (κ2) is 7.70. The first kappa shape index (κ1) is 17.5. The Morgan fingerprint density at radius 3 is 2.68 bits per heavy atom. The standard InChI is InChI=1S/C19H21NO4S/c1-13-4-3-5-15(10-13)12-25(22)14(2)19(21)20-16-6-7-17-18(11-16)24-9-8-23-17/h3-7,10-11,14H,8-9,12H2,1-2H3,(H,20,21)/t14-,25+/m1/s1. The van der Waals surface area contributed by atoms with Crippen LogP contribution in [0.2, 0.25) is 0 Å². The number of carbonyl (C=O) groups excluding carboxylic acids is 1. The van der Waals surface area contributed by atoms with Gasteiger partial charge in [-0.2, -0.15) is 0 Å². The van der Waals surface area contributed by atoms with Gasteiger partial charge in [-0.1, -0.05) is 29.8 Å². The Morgan fingerprint density at radius 1 is 1.16 bits per heavy atom. The number of carbonyl (C=O) groups is 1. The monoisotopic (exact) mass is 359 g/mol. The SMILES string of the molecule is Cc1cccc(C[S@](=O)[C@H](C)C(=O)Nc2ccc3c(c2)OCCO3)c1. The van der Waals surface area contributed by atoms with Gasteiger partial charge in [0.15, 0.2) is 11.5 Å². The lowest BCUT2D eigenvalue weighted by Crippen LogP contribution is -2.29. The highest BCUT2D eigenvalue weighted by Crippen LogP contribution is 2.32. The third-order valence-electron chi connectivity index (χ3n) is 3.96. The van der Waals surface area contributed by atoms with Crippen LogP contribution in [0.25, 0.3) is 0 Å². The van der Waals surface area contributed by atoms with Gasteiger partial charge in [-0.25, -0.2) is 0 Å². The van der Waals surface area contributed by atoms with Gasteiger partial charge >= 0.3 is 0 Å². The van der Waals surface area contributed by atoms with Crippen molar-refractivity contribution in [3.8, 4) is 11.5 Å². The molecule has 3 rings (SSSR count). The molecule has 1 amide bonds. The van der Waals surface area contributed by atoms with Crippen LogP contribution in [0.1, 0.15) is 18.1 Å². The van der Waals surface area contributed by atoms with Gasteiger partial charge in [0.2, 0.25) is 5.91 Å². The van der Waals surface area contributed by atoms with Crippen molar-refractivity contribution in [3.05, 3.63) is 53.6 Å². The average Bonchev–Trinajstić information content (AvgIpc) is 2.61. The molecule has 2 atom stereocenters. The number of hydrogen-bond donors (Lipinski definition) is 1. The van der Waals surface area contributed by atoms with Crippen molar-refractivity contribution >= 4 is 22.4 Å². The van der Waals surface area contributed by atoms with Crippen LogP contribution in [0.15, 0.2) is 42.5 Å². The maximum atomic E-state index is 12.5. The Balaban J connectivity index is 1.63. The zero-order valence-corrected chi connectivity index (χ0v) is 15.1. The lowest BCUT2D eigenvalue weighted by Gasteiger charge is -2.19. The van der Waals surface area contributed by atoms with Gasteiger partial charge in [-0.3, -0.25) is 9.00 Å². The highest BCUT2D eigenvalue weighted by atomic mass is 32.2. The van der Waals surface area contributed by atoms with E-state index in [-0.39, 0.29) is 5.91 Å². The van der Waals surface area contributed by atoms with Crippen LogP contribution in [-0.2, 0) is 21.3 Å². The topological polar surface area (TPSA) is 64.6 Å². The van der Waals surface area contributed by atoms with E-state index in [2.05, 4.69) is 5.32 Å². The van der Waals surface area contributed by atoms with Crippen LogP contribution in [0.3, 0.4) is 0 Å². The smallest absolute Gasteiger partial charge is 0.239 e. The fourth-order valence-electron chi connectivity index (χ4n) is 2.58. The first-order valence-corrected chi connectivity index (χ1v) is 9.54. The minimum absolute atomic E-state index is 0.275. The Kier molecular flexibility index (Phi) is 5.38. The van der Waals surface area contributed by atoms with Gasteiger partial charge in [0.05, 0.1) is 0 Å². The highest BCUT2D eigenvalue weighted by molar-refractivity contribution is 7.85. The predicted octanol–water partition coefficient (Wildman–Crippen LogP) is 3.04. The Bertz CT molecular complexity index is 806. The van der Waals surface area contributed by atoms with Crippen LogP contribution in [0.5, 0.6) is 11.5 Å². The maximum Gasteiger partial charge on any atom is 0.239 e. The summed E-state index contributed by atoms with van der Waals surface area (Å²) in [4.78, 5) is 12.4. The van der Waals surface area contributed by atoms with Gasteiger partial charge in [0.1, 0.15) is 18.5 Å². The maximum absolute atomic E-state index is 12.5. The van der Waals surface area contributed by atoms with Gasteiger partial charge in [0, 0.05) is 28.3 Å². The molecule has 0 aromatic heterocycles. The molecule has 0 radical (unpaired) electrons. The van der Waals surface area contributed by atoms with Gasteiger partial charge in [-0.05, 0) is 31.5 Å². The number of anilines is 1. The van der Waals surface area contributed by atoms with E-state index in [9.17, 15) is 9.00 Å². The molecule has 25 heavy (non-hydrogen) atoms. The van der Waals surface area contributed by atoms with E-state index in [1.807, 2.05) is 31.2 Å². The molecule has 0 saturated carbocycles. The van der Waals surface area contributed by atoms with E-state index >= 15 is 0 Å². The van der Waals surface area contributed by atoms with Crippen molar-refractivity contribution in [1.29, 1.82) is 0 Å². The molecule has 0 fully saturated rings. The summed E-state index contributed by atoms with van der Waals surface area (Å²) in [5, 5.41) is 2.19. The molecule has 6 heteroatoms. The number of benzene rings is 2. The van der Waals surface area contributed by atoms with Crippen molar-refractivity contribution in [3.63, 3.8) is 0 Å². The van der Waals surface area contributed by atoms with E-state index in [4.69, 9.17) is 9.47 Å². The predicted molar refractivity (Wildman–Crippen MR) is 98.5 cm³/mol. The first-order chi connectivity index (χ1) is 12.0. The summed E-state index contributed by atoms with van der Waals surface area (Å²) in [6, 6.07) is 13.1. The molecule has 0 saturated heterocycles. The number of aryl methyl sites for hydroxylation is 1. The number of amides is 1. The van der Waals surface area contributed by atoms with Crippen LogP contribution >= 0.6 is 0 Å². The van der Waals surface area contributed by atoms with Gasteiger partial charge < -0.3 is 14.8 Å². The number of hydrogen-bond acceptors (Lipinski definition) is 4. The average molecular weight is 359 g/mol. The molecular weight excluding hydrogens is 338 g/mol. The summed E-state index contributed by atoms with van der Waals surface area (Å²) in [7, 11) is -1.30. The lowest BCUT2D eigenvalue weighted by molar-refractivity contribution is -0.115. The summed E-state index contributed by atoms with van der Waals surface area (Å²) in [6.07, 6.45) is 0. The molecule has 0 unspecified atom stereocenters. The third-order valence-corrected chi connectivity index (χ3v) is 5.59. The Labute approximate surface area is 149 Å². The van der Waals surface area contributed by atoms with Crippen molar-refractivity contribution in [2.24, 2.45) is 0 Å². The molecule has 0 bridgehead atoms. The first-order valence-electron chi connectivity index (χ1n) is 8.16. The van der Waals surface area contributed by atoms with E-state index in [0.717, 1.165) is 11.1 Å². The summed E-state index contributed by atoms with van der Waals surface area (Å²) in [5.74, 6) is 1.36. The molecule has 1 N–H and O–H groups in total. The molecule has 1 heterocycles. The van der Waals surface area contributed by atoms with Crippen LogP contribution in [0, 0.1) is 6.92 Å². The number of ether oxygens (including phenoxy) is 2. The van der Waals surface area contributed by atoms with E-state index in [1.165, 1.54) is 0 Å². The second-order valence-corrected chi connectivity index (χ2v) is 7.76. The molecule has 2 aromatic carbocycles. The molecule has 2 aromatic rings. The van der Waals surface area contributed by atoms with Gasteiger partial charge in [0.25, 0.3) is 0 Å². The van der Waals surface area contributed by atoms with Crippen molar-refractivity contribution in [1.82, 2.24) is 0 Å². The molecule has 132 valence electrons. The van der Waals surface area contributed by atoms with Crippen LogP contribution in [-0.4, -0.2) is 28.6 Å². The van der Waals surface area contributed by atoms with Crippen molar-refractivity contribution in [2.45, 2.75) is 24.9 Å². The molecule has 1 aliphatic heterocycles. The zero-order chi connectivity index (χ0) is 17.8. The Morgan fingerprint density at radius 2 is 1.92 bits per heavy atom. The molecular formula is C19H21NO4S. The quantitative estimate of drug-likeness (QED) is 0.891. The molecule has 1 aliphatic rings. The normalized spacial score (nSPS) is 15.3. The van der Waals surface area contributed by atoms with E-state index < -0.39 is 16.0 Å². The molecule has 0 spiro atoms. The fourth-order valence-corrected chi connectivity index (χ4v) is 3.63. The minimum Gasteiger partial charge on any atom is -0.486 e. The minimum atomic E-state index is -1.30. The highest BCUT2D eigenvalue weighted by Gasteiger charge is 2.21. The second-order valence-electron chi connectivity index (χ2n) is 6.00. The van der Waals surface area contributed by atoms with Crippen molar-refractivity contribution < 1.29 is 18.5 Å². The zero-order valence-electron chi connectivity index (χ0n) is 14.3. The molecule has 5 nitrogen and oxygen atoms in total. The fraction of sp³-hybridized carbons (Fsp3) is 0.316. The van der Waals surface area contributed by atoms with E-state index in [0.29, 0.717) is 36.2 Å².